The molecule has 1 aliphatic heterocycles. The predicted molar refractivity (Wildman–Crippen MR) is 191 cm³/mol. The molecule has 2 aliphatic carbocycles. The summed E-state index contributed by atoms with van der Waals surface area (Å²) >= 11 is 0. The maximum atomic E-state index is 6.29. The van der Waals surface area contributed by atoms with E-state index in [-0.39, 0.29) is 6.10 Å². The molecule has 0 amide bonds. The van der Waals surface area contributed by atoms with Gasteiger partial charge in [-0.15, -0.1) is 0 Å². The van der Waals surface area contributed by atoms with Crippen LogP contribution < -0.4 is 0 Å². The lowest BCUT2D eigenvalue weighted by molar-refractivity contribution is -0.0676. The summed E-state index contributed by atoms with van der Waals surface area (Å²) in [5, 5.41) is 0. The van der Waals surface area contributed by atoms with E-state index in [0.29, 0.717) is 43.9 Å². The van der Waals surface area contributed by atoms with Crippen molar-refractivity contribution in [2.45, 2.75) is 132 Å². The van der Waals surface area contributed by atoms with E-state index in [2.05, 4.69) is 53.4 Å². The van der Waals surface area contributed by atoms with Crippen molar-refractivity contribution in [2.24, 2.45) is 46.3 Å². The van der Waals surface area contributed by atoms with E-state index in [4.69, 9.17) is 23.7 Å². The van der Waals surface area contributed by atoms with E-state index in [1.807, 2.05) is 0 Å². The first-order valence-electron chi connectivity index (χ1n) is 19.7. The normalized spacial score (nSPS) is 29.9. The Morgan fingerprint density at radius 2 is 1.63 bits per heavy atom. The van der Waals surface area contributed by atoms with Crippen LogP contribution in [0, 0.1) is 46.3 Å². The number of morpholine rings is 1. The molecule has 0 aromatic carbocycles. The Kier molecular flexibility index (Phi) is 18.4. The van der Waals surface area contributed by atoms with Crippen molar-refractivity contribution < 1.29 is 23.7 Å². The Labute approximate surface area is 285 Å². The van der Waals surface area contributed by atoms with Gasteiger partial charge in [-0.25, -0.2) is 0 Å². The van der Waals surface area contributed by atoms with E-state index >= 15 is 0 Å². The molecule has 0 N–H and O–H groups in total. The third-order valence-corrected chi connectivity index (χ3v) is 12.9. The van der Waals surface area contributed by atoms with Crippen LogP contribution in [0.2, 0.25) is 0 Å². The molecule has 0 spiro atoms. The molecule has 1 heterocycles. The summed E-state index contributed by atoms with van der Waals surface area (Å²) in [6, 6.07) is 0. The van der Waals surface area contributed by atoms with Crippen LogP contribution in [0.5, 0.6) is 0 Å². The Balaban J connectivity index is 1.44. The van der Waals surface area contributed by atoms with Crippen LogP contribution in [0.15, 0.2) is 0 Å². The molecule has 1 saturated heterocycles. The second kappa shape index (κ2) is 21.1. The topological polar surface area (TPSA) is 49.4 Å². The summed E-state index contributed by atoms with van der Waals surface area (Å²) < 4.78 is 29.2. The van der Waals surface area contributed by atoms with Gasteiger partial charge in [-0.3, -0.25) is 4.90 Å². The van der Waals surface area contributed by atoms with Gasteiger partial charge in [0.1, 0.15) is 0 Å². The molecular weight excluding hydrogens is 574 g/mol. The number of rotatable bonds is 24. The fourth-order valence-corrected chi connectivity index (χ4v) is 10.1. The Hall–Kier alpha value is -0.240. The molecule has 0 radical (unpaired) electrons. The van der Waals surface area contributed by atoms with E-state index in [1.165, 1.54) is 70.6 Å². The minimum Gasteiger partial charge on any atom is -0.382 e. The van der Waals surface area contributed by atoms with Gasteiger partial charge in [-0.2, -0.15) is 0 Å². The van der Waals surface area contributed by atoms with Crippen molar-refractivity contribution >= 4 is 0 Å². The van der Waals surface area contributed by atoms with E-state index in [9.17, 15) is 0 Å². The SMILES string of the molecule is CCC[C@@](C)(CC)C1CC[C@@]2(C)C(CC[C@@H]2[C@H](C)CCCC(C)C)[C@@H]1CCOCCOCCOC(CCN1CCOCC1)COC. The highest BCUT2D eigenvalue weighted by Gasteiger charge is 2.56. The fraction of sp³-hybridized carbons (Fsp3) is 1.00. The van der Waals surface area contributed by atoms with Crippen molar-refractivity contribution in [3.8, 4) is 0 Å². The monoisotopic (exact) mass is 652 g/mol. The van der Waals surface area contributed by atoms with Crippen LogP contribution >= 0.6 is 0 Å². The Morgan fingerprint density at radius 3 is 2.30 bits per heavy atom. The summed E-state index contributed by atoms with van der Waals surface area (Å²) in [4.78, 5) is 2.45. The summed E-state index contributed by atoms with van der Waals surface area (Å²) in [6.45, 7) is 26.2. The fourth-order valence-electron chi connectivity index (χ4n) is 10.1. The average Bonchev–Trinajstić information content (AvgIpc) is 3.40. The molecule has 6 nitrogen and oxygen atoms in total. The summed E-state index contributed by atoms with van der Waals surface area (Å²) in [6.07, 6.45) is 16.2. The van der Waals surface area contributed by atoms with Gasteiger partial charge >= 0.3 is 0 Å². The second-order valence-corrected chi connectivity index (χ2v) is 16.4. The van der Waals surface area contributed by atoms with Crippen LogP contribution in [0.25, 0.3) is 0 Å². The number of hydrogen-bond donors (Lipinski definition) is 0. The second-order valence-electron chi connectivity index (χ2n) is 16.4. The minimum absolute atomic E-state index is 0.113. The molecule has 0 bridgehead atoms. The third kappa shape index (κ3) is 12.0. The van der Waals surface area contributed by atoms with Gasteiger partial charge in [0.2, 0.25) is 0 Å². The molecule has 3 fully saturated rings. The molecule has 272 valence electrons. The molecular formula is C40H77NO5. The predicted octanol–water partition coefficient (Wildman–Crippen LogP) is 8.90. The van der Waals surface area contributed by atoms with E-state index in [0.717, 1.165) is 81.4 Å². The van der Waals surface area contributed by atoms with Gasteiger partial charge in [0.05, 0.1) is 52.4 Å². The van der Waals surface area contributed by atoms with Crippen molar-refractivity contribution in [3.05, 3.63) is 0 Å². The first-order chi connectivity index (χ1) is 22.2. The van der Waals surface area contributed by atoms with Gasteiger partial charge < -0.3 is 23.7 Å². The first-order valence-corrected chi connectivity index (χ1v) is 19.7. The average molecular weight is 652 g/mol. The summed E-state index contributed by atoms with van der Waals surface area (Å²) in [5.74, 6) is 5.04. The summed E-state index contributed by atoms with van der Waals surface area (Å²) in [5.41, 5.74) is 0.957. The van der Waals surface area contributed by atoms with Gasteiger partial charge in [0, 0.05) is 33.4 Å². The maximum Gasteiger partial charge on any atom is 0.0821 e. The van der Waals surface area contributed by atoms with Crippen LogP contribution in [0.3, 0.4) is 0 Å². The number of fused-ring (bicyclic) bond motifs is 1. The maximum absolute atomic E-state index is 6.29. The standard InChI is InChI=1S/C40H77NO5/c1-9-19-39(6,10-2)37-16-20-40(7)36(33(5)13-11-12-32(3)4)14-15-38(40)35(37)18-24-43-27-28-45-29-30-46-34(31-42-8)17-21-41-22-25-44-26-23-41/h32-38H,9-31H2,1-8H3/t33-,34?,35-,36-,37?,38?,39-,40-/m1/s1. The molecule has 46 heavy (non-hydrogen) atoms. The molecule has 2 saturated carbocycles. The molecule has 8 atom stereocenters. The van der Waals surface area contributed by atoms with Gasteiger partial charge in [-0.05, 0) is 91.3 Å². The zero-order chi connectivity index (χ0) is 33.4. The van der Waals surface area contributed by atoms with Crippen molar-refractivity contribution in [1.29, 1.82) is 0 Å². The van der Waals surface area contributed by atoms with Gasteiger partial charge in [-0.1, -0.05) is 80.6 Å². The highest BCUT2D eigenvalue weighted by molar-refractivity contribution is 5.05. The number of ether oxygens (including phenoxy) is 5. The summed E-state index contributed by atoms with van der Waals surface area (Å²) in [7, 11) is 1.75. The van der Waals surface area contributed by atoms with E-state index in [1.54, 1.807) is 7.11 Å². The largest absolute Gasteiger partial charge is 0.382 e. The smallest absolute Gasteiger partial charge is 0.0821 e. The lowest BCUT2D eigenvalue weighted by Crippen LogP contribution is -2.47. The Morgan fingerprint density at radius 1 is 0.913 bits per heavy atom. The van der Waals surface area contributed by atoms with Crippen LogP contribution in [-0.4, -0.2) is 90.6 Å². The quantitative estimate of drug-likeness (QED) is 0.0972. The van der Waals surface area contributed by atoms with Crippen LogP contribution in [0.1, 0.15) is 126 Å². The van der Waals surface area contributed by atoms with Crippen molar-refractivity contribution in [1.82, 2.24) is 4.90 Å². The highest BCUT2D eigenvalue weighted by atomic mass is 16.6. The lowest BCUT2D eigenvalue weighted by atomic mass is 9.50. The Bertz CT molecular complexity index is 790. The molecule has 3 aliphatic rings. The first kappa shape index (κ1) is 40.2. The zero-order valence-corrected chi connectivity index (χ0v) is 31.8. The third-order valence-electron chi connectivity index (χ3n) is 12.9. The van der Waals surface area contributed by atoms with Crippen LogP contribution in [-0.2, 0) is 23.7 Å². The molecule has 0 aromatic rings. The molecule has 3 rings (SSSR count). The van der Waals surface area contributed by atoms with Crippen molar-refractivity contribution in [2.75, 3.05) is 79.6 Å². The number of methoxy groups -OCH3 is 1. The van der Waals surface area contributed by atoms with E-state index < -0.39 is 0 Å². The van der Waals surface area contributed by atoms with Crippen LogP contribution in [0.4, 0.5) is 0 Å². The van der Waals surface area contributed by atoms with Gasteiger partial charge in [0.25, 0.3) is 0 Å². The van der Waals surface area contributed by atoms with Gasteiger partial charge in [0.15, 0.2) is 0 Å². The minimum atomic E-state index is 0.113. The molecule has 0 aromatic heterocycles. The lowest BCUT2D eigenvalue weighted by Gasteiger charge is -2.55. The molecule has 6 heteroatoms. The highest BCUT2D eigenvalue weighted by Crippen LogP contribution is 2.64. The number of nitrogens with zero attached hydrogens (tertiary/aromatic N) is 1. The van der Waals surface area contributed by atoms with Crippen molar-refractivity contribution in [3.63, 3.8) is 0 Å². The zero-order valence-electron chi connectivity index (χ0n) is 31.8. The number of hydrogen-bond acceptors (Lipinski definition) is 6. The molecule has 3 unspecified atom stereocenters.